The number of hydrogen-bond donors (Lipinski definition) is 30. The van der Waals surface area contributed by atoms with Gasteiger partial charge in [-0.15, -0.1) is 0 Å². The number of carbonyl (C=O) groups excluding carboxylic acids is 16. The summed E-state index contributed by atoms with van der Waals surface area (Å²) in [6.45, 7) is 8.84. The molecule has 126 heavy (non-hydrogen) atoms. The summed E-state index contributed by atoms with van der Waals surface area (Å²) in [7, 11) is 0. The predicted molar refractivity (Wildman–Crippen MR) is 463 cm³/mol. The minimum Gasteiger partial charge on any atom is -0.508 e. The summed E-state index contributed by atoms with van der Waals surface area (Å²) in [5, 5.41) is 106. The molecule has 0 aliphatic rings. The highest BCUT2D eigenvalue weighted by molar-refractivity contribution is 7.80. The van der Waals surface area contributed by atoms with Crippen molar-refractivity contribution in [3.05, 3.63) is 65.7 Å². The molecule has 48 heteroatoms. The Morgan fingerprint density at radius 3 is 1.20 bits per heavy atom. The van der Waals surface area contributed by atoms with Crippen molar-refractivity contribution in [2.75, 3.05) is 50.9 Å². The predicted octanol–water partition coefficient (Wildman–Crippen LogP) is -7.97. The van der Waals surface area contributed by atoms with Gasteiger partial charge in [0.2, 0.25) is 94.5 Å². The number of aliphatic hydroxyl groups is 2. The van der Waals surface area contributed by atoms with Crippen molar-refractivity contribution in [2.24, 2.45) is 46.6 Å². The topological polar surface area (TPSA) is 765 Å². The lowest BCUT2D eigenvalue weighted by Gasteiger charge is -2.31. The summed E-state index contributed by atoms with van der Waals surface area (Å²) < 4.78 is 0. The lowest BCUT2D eigenvalue weighted by Crippen LogP contribution is -2.62. The molecule has 32 N–H and O–H groups in total. The lowest BCUT2D eigenvalue weighted by atomic mass is 9.95. The summed E-state index contributed by atoms with van der Waals surface area (Å²) in [6, 6.07) is -7.40. The average molecular weight is 1820 g/mol. The average Bonchev–Trinajstić information content (AvgIpc) is 0.709. The summed E-state index contributed by atoms with van der Waals surface area (Å²) in [6.07, 6.45) is -2.45. The highest BCUT2D eigenvalue weighted by atomic mass is 32.1. The summed E-state index contributed by atoms with van der Waals surface area (Å²) in [5.41, 5.74) is 23.9. The molecule has 0 aromatic heterocycles. The molecule has 0 unspecified atom stereocenters. The van der Waals surface area contributed by atoms with Crippen molar-refractivity contribution in [3.63, 3.8) is 0 Å². The monoisotopic (exact) mass is 1820 g/mol. The largest absolute Gasteiger partial charge is 0.508 e. The number of phenolic OH excluding ortho intramolecular Hbond substituents is 1. The fraction of sp³-hybridized carbons (Fsp3) is 0.590. The van der Waals surface area contributed by atoms with Crippen molar-refractivity contribution >= 4 is 144 Å². The highest BCUT2D eigenvalue weighted by Gasteiger charge is 2.39. The molecule has 46 nitrogen and oxygen atoms in total. The van der Waals surface area contributed by atoms with Crippen LogP contribution in [0.3, 0.4) is 0 Å². The molecule has 0 spiro atoms. The second kappa shape index (κ2) is 57.4. The molecule has 2 rings (SSSR count). The molecule has 0 radical (unpaired) electrons. The molecule has 0 saturated carbocycles. The van der Waals surface area contributed by atoms with Crippen molar-refractivity contribution in [1.82, 2.24) is 90.4 Å². The maximum Gasteiger partial charge on any atom is 0.326 e. The number of benzene rings is 2. The van der Waals surface area contributed by atoms with E-state index < -0.39 is 278 Å². The van der Waals surface area contributed by atoms with E-state index in [9.17, 15) is 112 Å². The van der Waals surface area contributed by atoms with E-state index in [1.165, 1.54) is 39.8 Å². The standard InChI is InChI=1S/C78H125N23O23S2/c1-9-41(8)62(101-68(115)47(18-14-28-86-78(83)84)91-69(116)50(29-38(2)3)95-63(110)45(79)30-43-19-21-44(104)22-20-43)75(122)100-61(40(6)7)74(121)94-49(23-25-56(80)105)67(114)98-55(37-126)72(119)92-46(17-13-27-85-77(81)82)66(113)96-53(35-103)71(118)99-60(39(4)5)73(120)93-48(24-26-59(108)109)64(111)87-33-58(107)90-52(34-102)70(117)97-54(36-125)65(112)88-32-57(106)89-51(76(123)124)31-42-15-11-10-12-16-42/h10-12,15-16,19-22,38-41,45-55,60-62,102-104,125-126H,9,13-14,17-18,23-37,79H2,1-8H3,(H2,80,105)(H,87,111)(H,88,112)(H,89,106)(H,90,107)(H,91,116)(H,92,119)(H,93,120)(H,94,121)(H,95,110)(H,96,113)(H,97,117)(H,98,114)(H,99,118)(H,100,122)(H,101,115)(H,108,109)(H,123,124)(H4,81,82,85)(H4,83,84,86)/t41-,45-,46-,47-,48-,49-,50-,51-,52-,53-,54-,55-,60-,61-,62-/m0/s1. The number of aliphatic hydroxyl groups excluding tert-OH is 2. The maximum atomic E-state index is 14.6. The van der Waals surface area contributed by atoms with Gasteiger partial charge in [-0.1, -0.05) is 104 Å². The first-order valence-electron chi connectivity index (χ1n) is 40.7. The highest BCUT2D eigenvalue weighted by Crippen LogP contribution is 2.17. The number of phenols is 1. The molecule has 0 heterocycles. The molecule has 0 saturated heterocycles. The van der Waals surface area contributed by atoms with E-state index in [0.717, 1.165) is 0 Å². The number of rotatable bonds is 59. The minimum absolute atomic E-state index is 0.00322. The van der Waals surface area contributed by atoms with Gasteiger partial charge < -0.3 is 139 Å². The van der Waals surface area contributed by atoms with Crippen LogP contribution < -0.4 is 113 Å². The number of aromatic hydroxyl groups is 1. The lowest BCUT2D eigenvalue weighted by molar-refractivity contribution is -0.142. The number of primary amides is 1. The van der Waals surface area contributed by atoms with E-state index >= 15 is 0 Å². The number of thiol groups is 2. The van der Waals surface area contributed by atoms with Crippen LogP contribution in [-0.2, 0) is 99.1 Å². The molecule has 0 fully saturated rings. The van der Waals surface area contributed by atoms with Gasteiger partial charge in [-0.25, -0.2) is 4.79 Å². The number of aliphatic carboxylic acids is 2. The number of amides is 16. The van der Waals surface area contributed by atoms with E-state index in [1.54, 1.807) is 70.2 Å². The van der Waals surface area contributed by atoms with Gasteiger partial charge in [0.05, 0.1) is 32.3 Å². The van der Waals surface area contributed by atoms with Crippen LogP contribution in [0, 0.1) is 34.5 Å². The van der Waals surface area contributed by atoms with Crippen LogP contribution in [-0.4, -0.2) is 279 Å². The number of carboxylic acids is 2. The molecular weight excluding hydrogens is 1690 g/mol. The van der Waals surface area contributed by atoms with Crippen LogP contribution in [0.4, 0.5) is 0 Å². The van der Waals surface area contributed by atoms with Gasteiger partial charge in [-0.05, 0) is 98.3 Å². The molecule has 0 aliphatic heterocycles. The summed E-state index contributed by atoms with van der Waals surface area (Å²) >= 11 is 8.30. The van der Waals surface area contributed by atoms with E-state index in [1.807, 2.05) is 0 Å². The molecule has 2 aromatic rings. The third kappa shape index (κ3) is 41.5. The molecule has 0 aliphatic carbocycles. The van der Waals surface area contributed by atoms with Gasteiger partial charge in [-0.3, -0.25) is 92.3 Å². The zero-order valence-electron chi connectivity index (χ0n) is 71.5. The Labute approximate surface area is 739 Å². The van der Waals surface area contributed by atoms with Crippen LogP contribution in [0.25, 0.3) is 0 Å². The smallest absolute Gasteiger partial charge is 0.326 e. The van der Waals surface area contributed by atoms with Crippen LogP contribution in [0.5, 0.6) is 5.75 Å². The number of carboxylic acid groups (broad SMARTS) is 2. The molecule has 16 amide bonds. The van der Waals surface area contributed by atoms with Crippen LogP contribution >= 0.6 is 25.3 Å². The van der Waals surface area contributed by atoms with Gasteiger partial charge >= 0.3 is 11.9 Å². The number of carbonyl (C=O) groups is 18. The Kier molecular flexibility index (Phi) is 50.0. The van der Waals surface area contributed by atoms with Crippen molar-refractivity contribution in [2.45, 2.75) is 217 Å². The third-order valence-corrected chi connectivity index (χ3v) is 20.0. The Bertz CT molecular complexity index is 4040. The number of hydrogen-bond acceptors (Lipinski definition) is 26. The second-order valence-electron chi connectivity index (χ2n) is 30.8. The minimum atomic E-state index is -1.94. The molecule has 15 atom stereocenters. The Hall–Kier alpha value is -12.2. The summed E-state index contributed by atoms with van der Waals surface area (Å²) in [5.74, 6) is -23.4. The molecule has 702 valence electrons. The number of nitrogens with one attached hydrogen (secondary N) is 19. The van der Waals surface area contributed by atoms with Gasteiger partial charge in [0.15, 0.2) is 11.9 Å². The fourth-order valence-corrected chi connectivity index (χ4v) is 12.5. The van der Waals surface area contributed by atoms with Crippen LogP contribution in [0.2, 0.25) is 0 Å². The first-order chi connectivity index (χ1) is 59.3. The van der Waals surface area contributed by atoms with E-state index in [2.05, 4.69) is 116 Å². The Morgan fingerprint density at radius 1 is 0.397 bits per heavy atom. The van der Waals surface area contributed by atoms with Crippen molar-refractivity contribution in [1.29, 1.82) is 10.8 Å². The van der Waals surface area contributed by atoms with Crippen molar-refractivity contribution < 1.29 is 112 Å². The van der Waals surface area contributed by atoms with Crippen LogP contribution in [0.1, 0.15) is 131 Å². The van der Waals surface area contributed by atoms with Gasteiger partial charge in [0.1, 0.15) is 84.3 Å². The van der Waals surface area contributed by atoms with E-state index in [-0.39, 0.29) is 82.1 Å². The first-order valence-corrected chi connectivity index (χ1v) is 41.9. The fourth-order valence-electron chi connectivity index (χ4n) is 12.0. The van der Waals surface area contributed by atoms with Gasteiger partial charge in [0.25, 0.3) is 0 Å². The van der Waals surface area contributed by atoms with Gasteiger partial charge in [-0.2, -0.15) is 25.3 Å². The second-order valence-corrected chi connectivity index (χ2v) is 31.5. The molecular formula is C78H125N23O23S2. The van der Waals surface area contributed by atoms with Crippen molar-refractivity contribution in [3.8, 4) is 5.75 Å². The number of guanidine groups is 2. The van der Waals surface area contributed by atoms with E-state index in [4.69, 9.17) is 33.8 Å². The molecule has 2 aromatic carbocycles. The Balaban J connectivity index is 2.34. The van der Waals surface area contributed by atoms with Crippen LogP contribution in [0.15, 0.2) is 54.6 Å². The zero-order chi connectivity index (χ0) is 95.2. The zero-order valence-corrected chi connectivity index (χ0v) is 73.3. The van der Waals surface area contributed by atoms with E-state index in [0.29, 0.717) is 11.1 Å². The first kappa shape index (κ1) is 110. The summed E-state index contributed by atoms with van der Waals surface area (Å²) in [4.78, 5) is 244. The number of nitrogens with two attached hydrogens (primary N) is 4. The SMILES string of the molecule is CC[C@H](C)[C@H](NC(=O)[C@H](CCCNC(=N)N)NC(=O)[C@H](CC(C)C)NC(=O)[C@@H](N)Cc1ccc(O)cc1)C(=O)N[C@H](C(=O)N[C@@H](CCC(N)=O)C(=O)N[C@@H](CS)C(=O)N[C@@H](CCCNC(=N)N)C(=O)N[C@@H](CO)C(=O)N[C@H](C(=O)N[C@@H](CCC(=O)O)C(=O)NCC(=O)N[C@@H](CO)C(=O)N[C@@H](CS)C(=O)NCC(=O)N[C@@H](Cc1ccccc1)C(=O)O)C(C)C)C(C)C. The maximum absolute atomic E-state index is 14.6. The quantitative estimate of drug-likeness (QED) is 0.0127. The third-order valence-electron chi connectivity index (χ3n) is 19.2. The van der Waals surface area contributed by atoms with Gasteiger partial charge in [0, 0.05) is 43.9 Å². The normalized spacial score (nSPS) is 14.6. The Morgan fingerprint density at radius 2 is 0.754 bits per heavy atom. The molecule has 0 bridgehead atoms.